The number of nitrogens with zero attached hydrogens (tertiary/aromatic N) is 3. The maximum atomic E-state index is 12.5. The minimum Gasteiger partial charge on any atom is -0.496 e. The first-order chi connectivity index (χ1) is 13.2. The lowest BCUT2D eigenvalue weighted by atomic mass is 9.94. The van der Waals surface area contributed by atoms with E-state index in [0.717, 1.165) is 37.1 Å². The monoisotopic (exact) mass is 369 g/mol. The Morgan fingerprint density at radius 1 is 1.19 bits per heavy atom. The van der Waals surface area contributed by atoms with Gasteiger partial charge in [-0.05, 0) is 30.9 Å². The zero-order valence-electron chi connectivity index (χ0n) is 15.9. The Bertz CT molecular complexity index is 782. The van der Waals surface area contributed by atoms with Crippen molar-refractivity contribution in [3.05, 3.63) is 41.5 Å². The van der Waals surface area contributed by atoms with E-state index in [0.29, 0.717) is 30.6 Å². The molecule has 1 amide bonds. The van der Waals surface area contributed by atoms with E-state index in [4.69, 9.17) is 9.26 Å². The van der Waals surface area contributed by atoms with Gasteiger partial charge < -0.3 is 14.2 Å². The summed E-state index contributed by atoms with van der Waals surface area (Å²) in [6.07, 6.45) is 7.97. The van der Waals surface area contributed by atoms with Crippen molar-refractivity contribution < 1.29 is 14.1 Å². The van der Waals surface area contributed by atoms with Crippen LogP contribution in [0.15, 0.2) is 28.8 Å². The van der Waals surface area contributed by atoms with Crippen molar-refractivity contribution in [1.29, 1.82) is 0 Å². The number of carbonyl (C=O) groups is 1. The standard InChI is InChI=1S/C21H27N3O3/c1-26-18-10-6-5-7-15(18)11-12-19-22-21(23-27-19)16-13-20(25)24(14-16)17-8-3-2-4-9-17/h5-7,10,16-17H,2-4,8-9,11-14H2,1H3/t16-/m0/s1. The normalized spacial score (nSPS) is 21.0. The second-order valence-electron chi connectivity index (χ2n) is 7.60. The van der Waals surface area contributed by atoms with Crippen LogP contribution in [-0.2, 0) is 17.6 Å². The highest BCUT2D eigenvalue weighted by Crippen LogP contribution is 2.32. The van der Waals surface area contributed by atoms with Crippen LogP contribution < -0.4 is 4.74 Å². The largest absolute Gasteiger partial charge is 0.496 e. The van der Waals surface area contributed by atoms with Crippen LogP contribution in [0.25, 0.3) is 0 Å². The van der Waals surface area contributed by atoms with Crippen LogP contribution in [0, 0.1) is 0 Å². The van der Waals surface area contributed by atoms with Gasteiger partial charge in [0.1, 0.15) is 5.75 Å². The van der Waals surface area contributed by atoms with Gasteiger partial charge in [0.15, 0.2) is 5.82 Å². The zero-order valence-corrected chi connectivity index (χ0v) is 15.9. The highest BCUT2D eigenvalue weighted by atomic mass is 16.5. The maximum Gasteiger partial charge on any atom is 0.226 e. The molecule has 0 N–H and O–H groups in total. The summed E-state index contributed by atoms with van der Waals surface area (Å²) in [5.74, 6) is 2.48. The van der Waals surface area contributed by atoms with Crippen LogP contribution in [0.4, 0.5) is 0 Å². The summed E-state index contributed by atoms with van der Waals surface area (Å²) in [5.41, 5.74) is 1.12. The molecule has 0 unspecified atom stereocenters. The van der Waals surface area contributed by atoms with Gasteiger partial charge in [-0.15, -0.1) is 0 Å². The van der Waals surface area contributed by atoms with Crippen molar-refractivity contribution >= 4 is 5.91 Å². The molecule has 2 aromatic rings. The van der Waals surface area contributed by atoms with E-state index in [1.165, 1.54) is 19.3 Å². The topological polar surface area (TPSA) is 68.5 Å². The number of hydrogen-bond donors (Lipinski definition) is 0. The summed E-state index contributed by atoms with van der Waals surface area (Å²) in [6, 6.07) is 8.38. The average molecular weight is 369 g/mol. The summed E-state index contributed by atoms with van der Waals surface area (Å²) in [5, 5.41) is 4.17. The van der Waals surface area contributed by atoms with Gasteiger partial charge in [0.05, 0.1) is 7.11 Å². The average Bonchev–Trinajstić information content (AvgIpc) is 3.34. The molecule has 1 aromatic heterocycles. The van der Waals surface area contributed by atoms with Crippen LogP contribution in [0.5, 0.6) is 5.75 Å². The van der Waals surface area contributed by atoms with Gasteiger partial charge in [0.2, 0.25) is 11.8 Å². The van der Waals surface area contributed by atoms with E-state index in [-0.39, 0.29) is 11.8 Å². The Morgan fingerprint density at radius 2 is 2.00 bits per heavy atom. The van der Waals surface area contributed by atoms with Crippen molar-refractivity contribution in [1.82, 2.24) is 15.0 Å². The Kier molecular flexibility index (Phi) is 5.41. The molecule has 4 rings (SSSR count). The molecular weight excluding hydrogens is 342 g/mol. The number of amides is 1. The number of rotatable bonds is 6. The van der Waals surface area contributed by atoms with Gasteiger partial charge in [-0.1, -0.05) is 42.6 Å². The van der Waals surface area contributed by atoms with Crippen molar-refractivity contribution in [2.24, 2.45) is 0 Å². The second kappa shape index (κ2) is 8.11. The molecule has 2 aliphatic rings. The first-order valence-corrected chi connectivity index (χ1v) is 9.98. The molecule has 27 heavy (non-hydrogen) atoms. The lowest BCUT2D eigenvalue weighted by molar-refractivity contribution is -0.130. The fourth-order valence-corrected chi connectivity index (χ4v) is 4.34. The van der Waals surface area contributed by atoms with Crippen LogP contribution in [-0.4, -0.2) is 40.6 Å². The number of benzene rings is 1. The second-order valence-corrected chi connectivity index (χ2v) is 7.60. The van der Waals surface area contributed by atoms with Crippen LogP contribution in [0.1, 0.15) is 61.7 Å². The van der Waals surface area contributed by atoms with E-state index in [1.54, 1.807) is 7.11 Å². The molecule has 1 aliphatic carbocycles. The highest BCUT2D eigenvalue weighted by molar-refractivity contribution is 5.79. The fourth-order valence-electron chi connectivity index (χ4n) is 4.34. The molecule has 0 spiro atoms. The minimum absolute atomic E-state index is 0.0585. The van der Waals surface area contributed by atoms with Crippen LogP contribution >= 0.6 is 0 Å². The van der Waals surface area contributed by atoms with Crippen molar-refractivity contribution in [3.63, 3.8) is 0 Å². The van der Waals surface area contributed by atoms with Gasteiger partial charge in [0.25, 0.3) is 0 Å². The third-order valence-electron chi connectivity index (χ3n) is 5.82. The summed E-state index contributed by atoms with van der Waals surface area (Å²) in [7, 11) is 1.68. The molecule has 1 aromatic carbocycles. The van der Waals surface area contributed by atoms with Crippen molar-refractivity contribution in [2.75, 3.05) is 13.7 Å². The summed E-state index contributed by atoms with van der Waals surface area (Å²) in [6.45, 7) is 0.731. The number of ether oxygens (including phenoxy) is 1. The molecule has 1 atom stereocenters. The molecule has 1 aliphatic heterocycles. The molecule has 2 fully saturated rings. The van der Waals surface area contributed by atoms with Crippen LogP contribution in [0.2, 0.25) is 0 Å². The molecule has 2 heterocycles. The SMILES string of the molecule is COc1ccccc1CCc1nc([C@H]2CC(=O)N(C3CCCCC3)C2)no1. The molecule has 0 bridgehead atoms. The number of aromatic nitrogens is 2. The van der Waals surface area contributed by atoms with Crippen molar-refractivity contribution in [3.8, 4) is 5.75 Å². The lowest BCUT2D eigenvalue weighted by Gasteiger charge is -2.31. The van der Waals surface area contributed by atoms with E-state index in [2.05, 4.69) is 15.0 Å². The Hall–Kier alpha value is -2.37. The van der Waals surface area contributed by atoms with Gasteiger partial charge in [-0.2, -0.15) is 4.98 Å². The first kappa shape index (κ1) is 18.0. The molecule has 0 radical (unpaired) electrons. The number of likely N-dealkylation sites (tertiary alicyclic amines) is 1. The summed E-state index contributed by atoms with van der Waals surface area (Å²) >= 11 is 0. The quantitative estimate of drug-likeness (QED) is 0.779. The molecule has 6 heteroatoms. The molecular formula is C21H27N3O3. The summed E-state index contributed by atoms with van der Waals surface area (Å²) in [4.78, 5) is 19.1. The molecule has 1 saturated heterocycles. The molecule has 6 nitrogen and oxygen atoms in total. The van der Waals surface area contributed by atoms with Gasteiger partial charge >= 0.3 is 0 Å². The van der Waals surface area contributed by atoms with E-state index < -0.39 is 0 Å². The highest BCUT2D eigenvalue weighted by Gasteiger charge is 2.37. The number of aryl methyl sites for hydroxylation is 2. The van der Waals surface area contributed by atoms with E-state index in [9.17, 15) is 4.79 Å². The number of carbonyl (C=O) groups excluding carboxylic acids is 1. The first-order valence-electron chi connectivity index (χ1n) is 9.98. The summed E-state index contributed by atoms with van der Waals surface area (Å²) < 4.78 is 10.8. The maximum absolute atomic E-state index is 12.5. The number of hydrogen-bond acceptors (Lipinski definition) is 5. The van der Waals surface area contributed by atoms with E-state index >= 15 is 0 Å². The van der Waals surface area contributed by atoms with Crippen LogP contribution in [0.3, 0.4) is 0 Å². The zero-order chi connectivity index (χ0) is 18.6. The third kappa shape index (κ3) is 3.99. The Balaban J connectivity index is 1.37. The Labute approximate surface area is 159 Å². The van der Waals surface area contributed by atoms with Gasteiger partial charge in [-0.3, -0.25) is 4.79 Å². The number of methoxy groups -OCH3 is 1. The predicted octanol–water partition coefficient (Wildman–Crippen LogP) is 3.51. The van der Waals surface area contributed by atoms with Crippen molar-refractivity contribution in [2.45, 2.75) is 63.3 Å². The molecule has 1 saturated carbocycles. The third-order valence-corrected chi connectivity index (χ3v) is 5.82. The smallest absolute Gasteiger partial charge is 0.226 e. The predicted molar refractivity (Wildman–Crippen MR) is 101 cm³/mol. The number of para-hydroxylation sites is 1. The van der Waals surface area contributed by atoms with E-state index in [1.807, 2.05) is 24.3 Å². The minimum atomic E-state index is 0.0585. The fraction of sp³-hybridized carbons (Fsp3) is 0.571. The molecule has 144 valence electrons. The Morgan fingerprint density at radius 3 is 2.81 bits per heavy atom. The van der Waals surface area contributed by atoms with Gasteiger partial charge in [-0.25, -0.2) is 0 Å². The van der Waals surface area contributed by atoms with Gasteiger partial charge in [0, 0.05) is 31.3 Å². The lowest BCUT2D eigenvalue weighted by Crippen LogP contribution is -2.37.